The van der Waals surface area contributed by atoms with E-state index in [0.717, 1.165) is 12.3 Å². The van der Waals surface area contributed by atoms with Gasteiger partial charge in [0.25, 0.3) is 0 Å². The van der Waals surface area contributed by atoms with Crippen molar-refractivity contribution in [1.82, 2.24) is 14.8 Å². The quantitative estimate of drug-likeness (QED) is 0.761. The topological polar surface area (TPSA) is 57.0 Å². The summed E-state index contributed by atoms with van der Waals surface area (Å²) in [6, 6.07) is 9.48. The van der Waals surface area contributed by atoms with Crippen LogP contribution in [-0.4, -0.2) is 27.2 Å². The molecule has 0 atom stereocenters. The lowest BCUT2D eigenvalue weighted by atomic mass is 10.2. The molecule has 0 aliphatic rings. The van der Waals surface area contributed by atoms with Gasteiger partial charge in [-0.05, 0) is 19.1 Å². The molecule has 5 heteroatoms. The summed E-state index contributed by atoms with van der Waals surface area (Å²) in [6.45, 7) is 3.09. The number of aromatic nitrogens is 3. The molecule has 0 unspecified atom stereocenters. The molecule has 0 saturated carbocycles. The van der Waals surface area contributed by atoms with Crippen molar-refractivity contribution in [3.8, 4) is 5.75 Å². The molecular weight excluding hydrogens is 242 g/mol. The molecule has 1 aromatic heterocycles. The van der Waals surface area contributed by atoms with Crippen LogP contribution in [0.15, 0.2) is 36.7 Å². The fourth-order valence-electron chi connectivity index (χ4n) is 1.75. The van der Waals surface area contributed by atoms with Gasteiger partial charge in [0.2, 0.25) is 0 Å². The number of benzene rings is 1. The maximum atomic E-state index is 11.8. The van der Waals surface area contributed by atoms with Crippen molar-refractivity contribution >= 4 is 5.78 Å². The van der Waals surface area contributed by atoms with Gasteiger partial charge >= 0.3 is 0 Å². The number of hydrogen-bond acceptors (Lipinski definition) is 4. The highest BCUT2D eigenvalue weighted by Gasteiger charge is 2.09. The molecule has 2 rings (SSSR count). The van der Waals surface area contributed by atoms with Gasteiger partial charge in [0.1, 0.15) is 23.7 Å². The first kappa shape index (κ1) is 13.3. The SMILES string of the molecule is CCn1ncnc1CC(=O)CCOc1ccccc1. The third-order valence-electron chi connectivity index (χ3n) is 2.74. The van der Waals surface area contributed by atoms with Gasteiger partial charge in [-0.2, -0.15) is 5.10 Å². The van der Waals surface area contributed by atoms with Crippen LogP contribution in [0.1, 0.15) is 19.2 Å². The lowest BCUT2D eigenvalue weighted by Gasteiger charge is -2.05. The van der Waals surface area contributed by atoms with E-state index < -0.39 is 0 Å². The second-order valence-corrected chi connectivity index (χ2v) is 4.12. The lowest BCUT2D eigenvalue weighted by molar-refractivity contribution is -0.119. The molecule has 5 nitrogen and oxygen atoms in total. The number of Topliss-reactive ketones (excluding diaryl/α,β-unsaturated/α-hetero) is 1. The predicted molar refractivity (Wildman–Crippen MR) is 71.0 cm³/mol. The molecule has 1 heterocycles. The summed E-state index contributed by atoms with van der Waals surface area (Å²) >= 11 is 0. The molecule has 0 saturated heterocycles. The third kappa shape index (κ3) is 3.91. The summed E-state index contributed by atoms with van der Waals surface area (Å²) in [7, 11) is 0. The molecule has 0 aliphatic heterocycles. The van der Waals surface area contributed by atoms with E-state index in [4.69, 9.17) is 4.74 Å². The Hall–Kier alpha value is -2.17. The Morgan fingerprint density at radius 2 is 2.11 bits per heavy atom. The van der Waals surface area contributed by atoms with Crippen molar-refractivity contribution in [2.24, 2.45) is 0 Å². The zero-order valence-electron chi connectivity index (χ0n) is 11.0. The van der Waals surface area contributed by atoms with Crippen LogP contribution < -0.4 is 4.74 Å². The Labute approximate surface area is 112 Å². The van der Waals surface area contributed by atoms with Crippen LogP contribution in [0.2, 0.25) is 0 Å². The van der Waals surface area contributed by atoms with Gasteiger partial charge in [-0.3, -0.25) is 4.79 Å². The first-order valence-electron chi connectivity index (χ1n) is 6.36. The van der Waals surface area contributed by atoms with Gasteiger partial charge in [0.15, 0.2) is 0 Å². The number of carbonyl (C=O) groups excluding carboxylic acids is 1. The standard InChI is InChI=1S/C14H17N3O2/c1-2-17-14(15-11-16-17)10-12(18)8-9-19-13-6-4-3-5-7-13/h3-7,11H,2,8-10H2,1H3. The molecule has 1 aromatic carbocycles. The highest BCUT2D eigenvalue weighted by atomic mass is 16.5. The van der Waals surface area contributed by atoms with Crippen molar-refractivity contribution in [1.29, 1.82) is 0 Å². The Kier molecular flexibility index (Phi) is 4.66. The average Bonchev–Trinajstić information content (AvgIpc) is 2.87. The number of nitrogens with zero attached hydrogens (tertiary/aromatic N) is 3. The van der Waals surface area contributed by atoms with E-state index in [-0.39, 0.29) is 5.78 Å². The summed E-state index contributed by atoms with van der Waals surface area (Å²) < 4.78 is 7.22. The second-order valence-electron chi connectivity index (χ2n) is 4.12. The van der Waals surface area contributed by atoms with Gasteiger partial charge in [-0.1, -0.05) is 18.2 Å². The summed E-state index contributed by atoms with van der Waals surface area (Å²) in [5.74, 6) is 1.61. The summed E-state index contributed by atoms with van der Waals surface area (Å²) in [5, 5.41) is 4.04. The number of carbonyl (C=O) groups is 1. The maximum Gasteiger partial charge on any atom is 0.143 e. The Morgan fingerprint density at radius 3 is 2.84 bits per heavy atom. The van der Waals surface area contributed by atoms with Gasteiger partial charge in [-0.15, -0.1) is 0 Å². The zero-order valence-corrected chi connectivity index (χ0v) is 11.0. The van der Waals surface area contributed by atoms with Crippen LogP contribution in [0, 0.1) is 0 Å². The molecule has 0 aliphatic carbocycles. The first-order valence-corrected chi connectivity index (χ1v) is 6.36. The van der Waals surface area contributed by atoms with Crippen molar-refractivity contribution in [2.45, 2.75) is 26.3 Å². The first-order chi connectivity index (χ1) is 9.29. The van der Waals surface area contributed by atoms with Crippen LogP contribution in [0.5, 0.6) is 5.75 Å². The van der Waals surface area contributed by atoms with Crippen molar-refractivity contribution in [2.75, 3.05) is 6.61 Å². The maximum absolute atomic E-state index is 11.8. The average molecular weight is 259 g/mol. The van der Waals surface area contributed by atoms with Crippen molar-refractivity contribution in [3.05, 3.63) is 42.5 Å². The van der Waals surface area contributed by atoms with E-state index in [1.54, 1.807) is 4.68 Å². The molecular formula is C14H17N3O2. The molecule has 100 valence electrons. The lowest BCUT2D eigenvalue weighted by Crippen LogP contribution is -2.13. The number of para-hydroxylation sites is 1. The molecule has 2 aromatic rings. The monoisotopic (exact) mass is 259 g/mol. The second kappa shape index (κ2) is 6.68. The third-order valence-corrected chi connectivity index (χ3v) is 2.74. The summed E-state index contributed by atoms with van der Waals surface area (Å²) in [6.07, 6.45) is 2.17. The minimum Gasteiger partial charge on any atom is -0.493 e. The van der Waals surface area contributed by atoms with Gasteiger partial charge in [-0.25, -0.2) is 9.67 Å². The highest BCUT2D eigenvalue weighted by Crippen LogP contribution is 2.08. The largest absolute Gasteiger partial charge is 0.493 e. The number of rotatable bonds is 7. The number of ether oxygens (including phenoxy) is 1. The van der Waals surface area contributed by atoms with E-state index >= 15 is 0 Å². The zero-order chi connectivity index (χ0) is 13.5. The van der Waals surface area contributed by atoms with E-state index in [9.17, 15) is 4.79 Å². The Morgan fingerprint density at radius 1 is 1.32 bits per heavy atom. The molecule has 0 amide bonds. The molecule has 0 radical (unpaired) electrons. The number of hydrogen-bond donors (Lipinski definition) is 0. The predicted octanol–water partition coefficient (Wildman–Crippen LogP) is 1.88. The molecule has 0 bridgehead atoms. The fraction of sp³-hybridized carbons (Fsp3) is 0.357. The normalized spacial score (nSPS) is 10.4. The Bertz CT molecular complexity index is 522. The van der Waals surface area contributed by atoms with Crippen LogP contribution in [-0.2, 0) is 17.8 Å². The van der Waals surface area contributed by atoms with Gasteiger partial charge in [0.05, 0.1) is 13.0 Å². The van der Waals surface area contributed by atoms with E-state index in [1.165, 1.54) is 6.33 Å². The van der Waals surface area contributed by atoms with E-state index in [1.807, 2.05) is 37.3 Å². The van der Waals surface area contributed by atoms with E-state index in [2.05, 4.69) is 10.1 Å². The van der Waals surface area contributed by atoms with Crippen LogP contribution >= 0.6 is 0 Å². The minimum absolute atomic E-state index is 0.110. The molecule has 0 fully saturated rings. The van der Waals surface area contributed by atoms with Gasteiger partial charge in [0, 0.05) is 13.0 Å². The van der Waals surface area contributed by atoms with Crippen LogP contribution in [0.4, 0.5) is 0 Å². The highest BCUT2D eigenvalue weighted by molar-refractivity contribution is 5.80. The summed E-state index contributed by atoms with van der Waals surface area (Å²) in [5.41, 5.74) is 0. The minimum atomic E-state index is 0.110. The van der Waals surface area contributed by atoms with Crippen molar-refractivity contribution in [3.63, 3.8) is 0 Å². The number of ketones is 1. The van der Waals surface area contributed by atoms with Crippen LogP contribution in [0.3, 0.4) is 0 Å². The van der Waals surface area contributed by atoms with Gasteiger partial charge < -0.3 is 4.74 Å². The molecule has 19 heavy (non-hydrogen) atoms. The van der Waals surface area contributed by atoms with Crippen LogP contribution in [0.25, 0.3) is 0 Å². The molecule has 0 N–H and O–H groups in total. The molecule has 0 spiro atoms. The fourth-order valence-corrected chi connectivity index (χ4v) is 1.75. The number of aryl methyl sites for hydroxylation is 1. The Balaban J connectivity index is 1.76. The van der Waals surface area contributed by atoms with E-state index in [0.29, 0.717) is 25.3 Å². The van der Waals surface area contributed by atoms with Crippen molar-refractivity contribution < 1.29 is 9.53 Å². The summed E-state index contributed by atoms with van der Waals surface area (Å²) in [4.78, 5) is 15.9. The smallest absolute Gasteiger partial charge is 0.143 e.